The monoisotopic (exact) mass is 264 g/mol. The standard InChI is InChI=1S/C16H14N3O/c1-18-16(14-10-6-3-7-11-14)12-15(17-19(18)20)13-8-4-2-5-9-13/h2-12H,1H3/q+1. The van der Waals surface area contributed by atoms with Gasteiger partial charge in [-0.2, -0.15) is 0 Å². The van der Waals surface area contributed by atoms with Crippen LogP contribution in [0, 0.1) is 4.91 Å². The van der Waals surface area contributed by atoms with Crippen molar-refractivity contribution in [2.45, 2.75) is 0 Å². The molecule has 0 spiro atoms. The predicted octanol–water partition coefficient (Wildman–Crippen LogP) is 2.67. The summed E-state index contributed by atoms with van der Waals surface area (Å²) >= 11 is 0. The maximum atomic E-state index is 12.0. The van der Waals surface area contributed by atoms with E-state index in [0.29, 0.717) is 10.4 Å². The van der Waals surface area contributed by atoms with E-state index in [2.05, 4.69) is 5.10 Å². The number of hydrogen-bond donors (Lipinski definition) is 0. The number of aromatic nitrogens is 3. The zero-order valence-corrected chi connectivity index (χ0v) is 11.1. The van der Waals surface area contributed by atoms with Crippen molar-refractivity contribution < 1.29 is 4.66 Å². The first-order valence-electron chi connectivity index (χ1n) is 6.38. The second kappa shape index (κ2) is 5.09. The molecule has 0 aliphatic rings. The Morgan fingerprint density at radius 3 is 2.05 bits per heavy atom. The highest BCUT2D eigenvalue weighted by Gasteiger charge is 2.14. The van der Waals surface area contributed by atoms with Gasteiger partial charge in [-0.05, 0) is 0 Å². The molecular weight excluding hydrogens is 250 g/mol. The minimum Gasteiger partial charge on any atom is -0.0787 e. The average molecular weight is 264 g/mol. The molecule has 20 heavy (non-hydrogen) atoms. The lowest BCUT2D eigenvalue weighted by atomic mass is 10.1. The van der Waals surface area contributed by atoms with Crippen molar-refractivity contribution in [1.82, 2.24) is 9.78 Å². The van der Waals surface area contributed by atoms with Gasteiger partial charge in [0.2, 0.25) is 0 Å². The van der Waals surface area contributed by atoms with E-state index < -0.39 is 0 Å². The first-order valence-corrected chi connectivity index (χ1v) is 6.38. The van der Waals surface area contributed by atoms with Gasteiger partial charge >= 0.3 is 0 Å². The SMILES string of the molecule is Cn1c(-c2ccccc2)cc(-c2ccccc2)n[n+]1=O. The van der Waals surface area contributed by atoms with Crippen molar-refractivity contribution in [3.05, 3.63) is 71.6 Å². The number of nitrogens with zero attached hydrogens (tertiary/aromatic N) is 3. The first kappa shape index (κ1) is 12.3. The smallest absolute Gasteiger partial charge is 0.0787 e. The van der Waals surface area contributed by atoms with Crippen LogP contribution in [0.3, 0.4) is 0 Å². The minimum atomic E-state index is 0.616. The third-order valence-corrected chi connectivity index (χ3v) is 3.21. The molecule has 0 atom stereocenters. The molecule has 3 rings (SSSR count). The van der Waals surface area contributed by atoms with Crippen molar-refractivity contribution in [2.24, 2.45) is 7.05 Å². The van der Waals surface area contributed by atoms with E-state index in [9.17, 15) is 4.91 Å². The van der Waals surface area contributed by atoms with Crippen LogP contribution in [0.4, 0.5) is 0 Å². The summed E-state index contributed by atoms with van der Waals surface area (Å²) in [5.41, 5.74) is 3.40. The van der Waals surface area contributed by atoms with Crippen LogP contribution in [0.25, 0.3) is 22.5 Å². The Morgan fingerprint density at radius 1 is 0.900 bits per heavy atom. The molecule has 0 N–H and O–H groups in total. The summed E-state index contributed by atoms with van der Waals surface area (Å²) < 4.78 is 2.10. The Kier molecular flexibility index (Phi) is 3.13. The normalized spacial score (nSPS) is 10.4. The second-order valence-electron chi connectivity index (χ2n) is 4.52. The number of rotatable bonds is 2. The van der Waals surface area contributed by atoms with Gasteiger partial charge in [0.15, 0.2) is 0 Å². The molecule has 0 radical (unpaired) electrons. The predicted molar refractivity (Wildman–Crippen MR) is 77.4 cm³/mol. The Balaban J connectivity index is 2.22. The largest absolute Gasteiger partial charge is 0.286 e. The van der Waals surface area contributed by atoms with E-state index in [4.69, 9.17) is 0 Å². The molecule has 0 amide bonds. The summed E-state index contributed by atoms with van der Waals surface area (Å²) in [4.78, 5) is 12.0. The third-order valence-electron chi connectivity index (χ3n) is 3.21. The maximum Gasteiger partial charge on any atom is 0.286 e. The minimum absolute atomic E-state index is 0.616. The van der Waals surface area contributed by atoms with Crippen LogP contribution < -0.4 is 4.66 Å². The van der Waals surface area contributed by atoms with Crippen molar-refractivity contribution in [3.8, 4) is 22.5 Å². The van der Waals surface area contributed by atoms with Gasteiger partial charge in [-0.3, -0.25) is 0 Å². The molecule has 1 heterocycles. The Hall–Kier alpha value is -2.75. The molecule has 0 fully saturated rings. The molecule has 0 saturated carbocycles. The van der Waals surface area contributed by atoms with Gasteiger partial charge in [0.1, 0.15) is 11.4 Å². The van der Waals surface area contributed by atoms with Crippen LogP contribution in [0.2, 0.25) is 0 Å². The molecule has 2 aromatic carbocycles. The molecular formula is C16H14N3O+. The van der Waals surface area contributed by atoms with E-state index >= 15 is 0 Å². The molecule has 3 aromatic rings. The van der Waals surface area contributed by atoms with Gasteiger partial charge in [0.25, 0.3) is 4.66 Å². The maximum absolute atomic E-state index is 12.0. The molecule has 0 aliphatic carbocycles. The van der Waals surface area contributed by atoms with E-state index in [-0.39, 0.29) is 0 Å². The van der Waals surface area contributed by atoms with E-state index in [1.54, 1.807) is 7.05 Å². The molecule has 4 nitrogen and oxygen atoms in total. The van der Waals surface area contributed by atoms with Crippen LogP contribution in [0.1, 0.15) is 0 Å². The summed E-state index contributed by atoms with van der Waals surface area (Å²) in [6, 6.07) is 21.4. The molecule has 98 valence electrons. The Labute approximate surface area is 116 Å². The topological polar surface area (TPSA) is 40.8 Å². The van der Waals surface area contributed by atoms with Crippen molar-refractivity contribution in [3.63, 3.8) is 0 Å². The van der Waals surface area contributed by atoms with Gasteiger partial charge in [0, 0.05) is 17.2 Å². The lowest BCUT2D eigenvalue weighted by molar-refractivity contribution is -0.654. The Morgan fingerprint density at radius 2 is 1.45 bits per heavy atom. The zero-order chi connectivity index (χ0) is 13.9. The summed E-state index contributed by atoms with van der Waals surface area (Å²) in [5, 5.41) is 4.05. The lowest BCUT2D eigenvalue weighted by Crippen LogP contribution is -2.34. The van der Waals surface area contributed by atoms with Crippen LogP contribution in [-0.4, -0.2) is 9.78 Å². The van der Waals surface area contributed by atoms with Gasteiger partial charge in [-0.1, -0.05) is 65.3 Å². The molecule has 0 unspecified atom stereocenters. The van der Waals surface area contributed by atoms with Crippen LogP contribution >= 0.6 is 0 Å². The lowest BCUT2D eigenvalue weighted by Gasteiger charge is -2.03. The highest BCUT2D eigenvalue weighted by atomic mass is 16.3. The van der Waals surface area contributed by atoms with Crippen LogP contribution in [-0.2, 0) is 7.05 Å². The van der Waals surface area contributed by atoms with Crippen molar-refractivity contribution >= 4 is 0 Å². The van der Waals surface area contributed by atoms with Gasteiger partial charge in [-0.15, -0.1) is 0 Å². The molecule has 0 saturated heterocycles. The average Bonchev–Trinajstić information content (AvgIpc) is 2.51. The van der Waals surface area contributed by atoms with E-state index in [1.165, 1.54) is 4.68 Å². The fourth-order valence-corrected chi connectivity index (χ4v) is 2.13. The second-order valence-corrected chi connectivity index (χ2v) is 4.52. The highest BCUT2D eigenvalue weighted by Crippen LogP contribution is 2.22. The van der Waals surface area contributed by atoms with Gasteiger partial charge < -0.3 is 0 Å². The van der Waals surface area contributed by atoms with Crippen LogP contribution in [0.5, 0.6) is 0 Å². The van der Waals surface area contributed by atoms with Gasteiger partial charge in [-0.25, -0.2) is 0 Å². The van der Waals surface area contributed by atoms with Crippen molar-refractivity contribution in [1.29, 1.82) is 0 Å². The molecule has 0 aliphatic heterocycles. The van der Waals surface area contributed by atoms with E-state index in [0.717, 1.165) is 16.8 Å². The summed E-state index contributed by atoms with van der Waals surface area (Å²) in [6.45, 7) is 0. The van der Waals surface area contributed by atoms with Crippen LogP contribution in [0.15, 0.2) is 66.7 Å². The summed E-state index contributed by atoms with van der Waals surface area (Å²) in [7, 11) is 1.71. The first-order chi connectivity index (χ1) is 9.75. The summed E-state index contributed by atoms with van der Waals surface area (Å²) in [6.07, 6.45) is 0. The van der Waals surface area contributed by atoms with E-state index in [1.807, 2.05) is 66.7 Å². The molecule has 0 bridgehead atoms. The van der Waals surface area contributed by atoms with Gasteiger partial charge in [0.05, 0.1) is 17.1 Å². The number of hydrogen-bond acceptors (Lipinski definition) is 2. The van der Waals surface area contributed by atoms with Crippen molar-refractivity contribution in [2.75, 3.05) is 0 Å². The zero-order valence-electron chi connectivity index (χ0n) is 11.1. The number of benzene rings is 2. The highest BCUT2D eigenvalue weighted by molar-refractivity contribution is 5.66. The summed E-state index contributed by atoms with van der Waals surface area (Å²) in [5.74, 6) is 0. The third kappa shape index (κ3) is 2.23. The fraction of sp³-hybridized carbons (Fsp3) is 0.0625. The Bertz CT molecular complexity index is 780. The quantitative estimate of drug-likeness (QED) is 0.668. The molecule has 1 aromatic heterocycles. The fourth-order valence-electron chi connectivity index (χ4n) is 2.13. The molecule has 4 heteroatoms.